The molecular formula is C26H28N4O5. The summed E-state index contributed by atoms with van der Waals surface area (Å²) < 4.78 is 7.09. The molecule has 9 nitrogen and oxygen atoms in total. The monoisotopic (exact) mass is 476 g/mol. The van der Waals surface area contributed by atoms with Gasteiger partial charge >= 0.3 is 12.1 Å². The zero-order valence-electron chi connectivity index (χ0n) is 20.1. The van der Waals surface area contributed by atoms with E-state index in [9.17, 15) is 19.5 Å². The first-order valence-electron chi connectivity index (χ1n) is 11.2. The van der Waals surface area contributed by atoms with Crippen LogP contribution < -0.4 is 5.32 Å². The van der Waals surface area contributed by atoms with E-state index in [2.05, 4.69) is 10.4 Å². The van der Waals surface area contributed by atoms with Crippen LogP contribution in [0.4, 0.5) is 4.79 Å². The number of carbonyl (C=O) groups is 3. The van der Waals surface area contributed by atoms with Gasteiger partial charge in [-0.05, 0) is 36.1 Å². The van der Waals surface area contributed by atoms with Crippen LogP contribution >= 0.6 is 0 Å². The lowest BCUT2D eigenvalue weighted by atomic mass is 9.98. The molecule has 0 radical (unpaired) electrons. The fourth-order valence-electron chi connectivity index (χ4n) is 4.25. The maximum absolute atomic E-state index is 13.3. The molecule has 0 saturated heterocycles. The Morgan fingerprint density at radius 3 is 2.20 bits per heavy atom. The van der Waals surface area contributed by atoms with Crippen molar-refractivity contribution in [1.29, 1.82) is 0 Å². The minimum atomic E-state index is -1.49. The molecule has 0 fully saturated rings. The van der Waals surface area contributed by atoms with Crippen LogP contribution in [-0.4, -0.2) is 57.0 Å². The highest BCUT2D eigenvalue weighted by atomic mass is 16.5. The molecule has 0 spiro atoms. The molecule has 9 heteroatoms. The second kappa shape index (κ2) is 9.25. The average molecular weight is 477 g/mol. The van der Waals surface area contributed by atoms with Crippen molar-refractivity contribution in [3.8, 4) is 11.1 Å². The predicted molar refractivity (Wildman–Crippen MR) is 129 cm³/mol. The lowest BCUT2D eigenvalue weighted by Gasteiger charge is -2.34. The minimum Gasteiger partial charge on any atom is -0.480 e. The van der Waals surface area contributed by atoms with Gasteiger partial charge in [-0.1, -0.05) is 48.5 Å². The molecular weight excluding hydrogens is 448 g/mol. The van der Waals surface area contributed by atoms with E-state index < -0.39 is 29.6 Å². The predicted octanol–water partition coefficient (Wildman–Crippen LogP) is 3.32. The lowest BCUT2D eigenvalue weighted by Crippen LogP contribution is -2.54. The number of hydrogen-bond donors (Lipinski definition) is 2. The molecule has 1 heterocycles. The maximum Gasteiger partial charge on any atom is 0.408 e. The number of fused-ring (bicyclic) bond motifs is 3. The Hall–Kier alpha value is -4.14. The van der Waals surface area contributed by atoms with E-state index in [0.717, 1.165) is 27.2 Å². The Morgan fingerprint density at radius 2 is 1.69 bits per heavy atom. The number of rotatable bonds is 7. The van der Waals surface area contributed by atoms with Crippen LogP contribution in [0.15, 0.2) is 60.9 Å². The van der Waals surface area contributed by atoms with E-state index in [1.807, 2.05) is 48.5 Å². The summed E-state index contributed by atoms with van der Waals surface area (Å²) in [6, 6.07) is 14.8. The highest BCUT2D eigenvalue weighted by Gasteiger charge is 2.39. The second-order valence-electron chi connectivity index (χ2n) is 9.11. The smallest absolute Gasteiger partial charge is 0.408 e. The molecule has 1 aromatic heterocycles. The van der Waals surface area contributed by atoms with Crippen molar-refractivity contribution in [2.24, 2.45) is 7.05 Å². The van der Waals surface area contributed by atoms with Crippen LogP contribution in [-0.2, 0) is 21.4 Å². The largest absolute Gasteiger partial charge is 0.480 e. The van der Waals surface area contributed by atoms with Gasteiger partial charge in [0.2, 0.25) is 0 Å². The van der Waals surface area contributed by atoms with Gasteiger partial charge in [-0.25, -0.2) is 9.59 Å². The Kier molecular flexibility index (Phi) is 6.34. The first-order chi connectivity index (χ1) is 16.6. The van der Waals surface area contributed by atoms with Gasteiger partial charge in [0.05, 0.1) is 6.20 Å². The molecule has 4 rings (SSSR count). The van der Waals surface area contributed by atoms with Gasteiger partial charge in [0.15, 0.2) is 0 Å². The Bertz CT molecular complexity index is 1240. The van der Waals surface area contributed by atoms with Crippen molar-refractivity contribution in [3.63, 3.8) is 0 Å². The number of hydrogen-bond acceptors (Lipinski definition) is 5. The zero-order valence-corrected chi connectivity index (χ0v) is 20.1. The Labute approximate surface area is 203 Å². The first kappa shape index (κ1) is 24.0. The normalized spacial score (nSPS) is 13.5. The summed E-state index contributed by atoms with van der Waals surface area (Å²) in [4.78, 5) is 38.9. The minimum absolute atomic E-state index is 0.0876. The number of aryl methyl sites for hydroxylation is 1. The molecule has 0 saturated carbocycles. The summed E-state index contributed by atoms with van der Waals surface area (Å²) in [6.45, 7) is 2.92. The average Bonchev–Trinajstić information content (AvgIpc) is 3.41. The molecule has 1 unspecified atom stereocenters. The summed E-state index contributed by atoms with van der Waals surface area (Å²) in [5.41, 5.74) is 3.30. The number of nitrogens with zero attached hydrogens (tertiary/aromatic N) is 3. The molecule has 0 aliphatic heterocycles. The molecule has 2 aromatic carbocycles. The number of alkyl carbamates (subject to hydrolysis) is 1. The molecule has 0 bridgehead atoms. The summed E-state index contributed by atoms with van der Waals surface area (Å²) in [7, 11) is 3.07. The van der Waals surface area contributed by atoms with Crippen LogP contribution in [0.3, 0.4) is 0 Å². The van der Waals surface area contributed by atoms with E-state index >= 15 is 0 Å². The van der Waals surface area contributed by atoms with Crippen molar-refractivity contribution in [2.75, 3.05) is 13.7 Å². The molecule has 2 N–H and O–H groups in total. The van der Waals surface area contributed by atoms with Crippen molar-refractivity contribution >= 4 is 18.0 Å². The maximum atomic E-state index is 13.3. The first-order valence-corrected chi connectivity index (χ1v) is 11.2. The Morgan fingerprint density at radius 1 is 1.11 bits per heavy atom. The van der Waals surface area contributed by atoms with Gasteiger partial charge in [0, 0.05) is 31.8 Å². The number of carboxylic acids is 1. The van der Waals surface area contributed by atoms with Crippen molar-refractivity contribution in [2.45, 2.75) is 31.3 Å². The van der Waals surface area contributed by atoms with E-state index in [4.69, 9.17) is 4.74 Å². The number of benzene rings is 2. The molecule has 2 amide bonds. The number of nitrogens with one attached hydrogen (secondary N) is 1. The fraction of sp³-hybridized carbons (Fsp3) is 0.308. The van der Waals surface area contributed by atoms with Crippen LogP contribution in [0, 0.1) is 0 Å². The van der Waals surface area contributed by atoms with E-state index in [-0.39, 0.29) is 12.5 Å². The van der Waals surface area contributed by atoms with Crippen LogP contribution in [0.25, 0.3) is 11.1 Å². The van der Waals surface area contributed by atoms with E-state index in [1.165, 1.54) is 31.8 Å². The van der Waals surface area contributed by atoms with Crippen molar-refractivity contribution in [3.05, 3.63) is 77.6 Å². The highest BCUT2D eigenvalue weighted by Crippen LogP contribution is 2.44. The standard InChI is InChI=1S/C26H28N4O5/c1-26(2,24(32)33)30(4)23(31)22(16-13-27-29(3)14-16)28-25(34)35-15-21-19-11-7-5-9-17(19)18-10-6-8-12-20(18)21/h5-14,21-22H,15H2,1-4H3,(H,28,34)(H,32,33). The van der Waals surface area contributed by atoms with Gasteiger partial charge in [0.1, 0.15) is 18.2 Å². The van der Waals surface area contributed by atoms with E-state index in [0.29, 0.717) is 5.56 Å². The van der Waals surface area contributed by atoms with Gasteiger partial charge in [-0.3, -0.25) is 9.48 Å². The van der Waals surface area contributed by atoms with Crippen LogP contribution in [0.5, 0.6) is 0 Å². The third-order valence-corrected chi connectivity index (χ3v) is 6.60. The topological polar surface area (TPSA) is 114 Å². The third kappa shape index (κ3) is 4.49. The van der Waals surface area contributed by atoms with Crippen LogP contribution in [0.2, 0.25) is 0 Å². The number of aliphatic carboxylic acids is 1. The second-order valence-corrected chi connectivity index (χ2v) is 9.11. The quantitative estimate of drug-likeness (QED) is 0.541. The van der Waals surface area contributed by atoms with Gasteiger partial charge < -0.3 is 20.1 Å². The summed E-state index contributed by atoms with van der Waals surface area (Å²) in [6.07, 6.45) is 2.26. The Balaban J connectivity index is 1.52. The molecule has 1 aliphatic carbocycles. The zero-order chi connectivity index (χ0) is 25.3. The lowest BCUT2D eigenvalue weighted by molar-refractivity contribution is -0.156. The molecule has 35 heavy (non-hydrogen) atoms. The SMILES string of the molecule is CN(C(=O)C(NC(=O)OCC1c2ccccc2-c2ccccc21)c1cnn(C)c1)C(C)(C)C(=O)O. The number of aromatic nitrogens is 2. The van der Waals surface area contributed by atoms with E-state index in [1.54, 1.807) is 13.2 Å². The molecule has 3 aromatic rings. The van der Waals surface area contributed by atoms with Gasteiger partial charge in [0.25, 0.3) is 5.91 Å². The van der Waals surface area contributed by atoms with Crippen molar-refractivity contribution in [1.82, 2.24) is 20.0 Å². The number of amides is 2. The molecule has 1 atom stereocenters. The third-order valence-electron chi connectivity index (χ3n) is 6.60. The van der Waals surface area contributed by atoms with Crippen molar-refractivity contribution < 1.29 is 24.2 Å². The fourth-order valence-corrected chi connectivity index (χ4v) is 4.25. The number of likely N-dealkylation sites (N-methyl/N-ethyl adjacent to an activating group) is 1. The summed E-state index contributed by atoms with van der Waals surface area (Å²) in [5, 5.41) is 16.2. The summed E-state index contributed by atoms with van der Waals surface area (Å²) >= 11 is 0. The number of carbonyl (C=O) groups excluding carboxylic acids is 2. The molecule has 1 aliphatic rings. The number of ether oxygens (including phenoxy) is 1. The molecule has 182 valence electrons. The highest BCUT2D eigenvalue weighted by molar-refractivity contribution is 5.91. The van der Waals surface area contributed by atoms with Gasteiger partial charge in [-0.15, -0.1) is 0 Å². The number of carboxylic acid groups (broad SMARTS) is 1. The summed E-state index contributed by atoms with van der Waals surface area (Å²) in [5.74, 6) is -1.90. The van der Waals surface area contributed by atoms with Crippen LogP contribution in [0.1, 0.15) is 42.5 Å². The van der Waals surface area contributed by atoms with Gasteiger partial charge in [-0.2, -0.15) is 5.10 Å².